The molecule has 2 aromatic carbocycles. The second-order valence-electron chi connectivity index (χ2n) is 6.32. The van der Waals surface area contributed by atoms with Crippen LogP contribution in [0, 0.1) is 5.82 Å². The Labute approximate surface area is 169 Å². The molecule has 1 heterocycles. The lowest BCUT2D eigenvalue weighted by Gasteiger charge is -2.14. The minimum atomic E-state index is -0.522. The Balaban J connectivity index is 0.00000280. The Morgan fingerprint density at radius 1 is 1.14 bits per heavy atom. The molecule has 1 aliphatic heterocycles. The Morgan fingerprint density at radius 2 is 1.89 bits per heavy atom. The number of benzene rings is 2. The molecule has 1 aliphatic rings. The molecule has 1 fully saturated rings. The molecule has 2 aromatic rings. The minimum absolute atomic E-state index is 0. The number of carbonyl (C=O) groups is 2. The third kappa shape index (κ3) is 5.94. The molecular formula is C20H23ClFN3O3. The number of ether oxygens (including phenoxy) is 1. The van der Waals surface area contributed by atoms with E-state index in [1.807, 2.05) is 0 Å². The SMILES string of the molecule is Cl.O=C(COc1ccccc1C(=O)NCC1CCCN1)Nc1ccccc1F. The van der Waals surface area contributed by atoms with Gasteiger partial charge in [-0.1, -0.05) is 24.3 Å². The molecule has 6 nitrogen and oxygen atoms in total. The van der Waals surface area contributed by atoms with Crippen molar-refractivity contribution >= 4 is 29.9 Å². The quantitative estimate of drug-likeness (QED) is 0.659. The number of carbonyl (C=O) groups excluding carboxylic acids is 2. The van der Waals surface area contributed by atoms with Crippen molar-refractivity contribution in [2.45, 2.75) is 18.9 Å². The van der Waals surface area contributed by atoms with Gasteiger partial charge in [-0.3, -0.25) is 9.59 Å². The molecule has 3 N–H and O–H groups in total. The molecule has 0 spiro atoms. The molecule has 0 aliphatic carbocycles. The predicted octanol–water partition coefficient (Wildman–Crippen LogP) is 2.75. The molecule has 8 heteroatoms. The molecule has 2 amide bonds. The van der Waals surface area contributed by atoms with Gasteiger partial charge in [0.25, 0.3) is 11.8 Å². The van der Waals surface area contributed by atoms with Gasteiger partial charge in [0.2, 0.25) is 0 Å². The number of hydrogen-bond acceptors (Lipinski definition) is 4. The molecule has 0 bridgehead atoms. The van der Waals surface area contributed by atoms with E-state index in [2.05, 4.69) is 16.0 Å². The van der Waals surface area contributed by atoms with Crippen molar-refractivity contribution in [3.05, 3.63) is 59.9 Å². The molecule has 1 saturated heterocycles. The predicted molar refractivity (Wildman–Crippen MR) is 108 cm³/mol. The summed E-state index contributed by atoms with van der Waals surface area (Å²) < 4.78 is 19.1. The Morgan fingerprint density at radius 3 is 2.64 bits per heavy atom. The van der Waals surface area contributed by atoms with Gasteiger partial charge in [0.15, 0.2) is 6.61 Å². The van der Waals surface area contributed by atoms with Gasteiger partial charge in [-0.15, -0.1) is 12.4 Å². The fourth-order valence-corrected chi connectivity index (χ4v) is 2.91. The fraction of sp³-hybridized carbons (Fsp3) is 0.300. The zero-order valence-corrected chi connectivity index (χ0v) is 16.1. The summed E-state index contributed by atoms with van der Waals surface area (Å²) in [7, 11) is 0. The zero-order valence-electron chi connectivity index (χ0n) is 15.2. The van der Waals surface area contributed by atoms with E-state index in [0.717, 1.165) is 19.4 Å². The molecule has 150 valence electrons. The van der Waals surface area contributed by atoms with Crippen LogP contribution in [-0.4, -0.2) is 37.6 Å². The average Bonchev–Trinajstić information content (AvgIpc) is 3.20. The second kappa shape index (κ2) is 10.6. The number of para-hydroxylation sites is 2. The third-order valence-corrected chi connectivity index (χ3v) is 4.31. The van der Waals surface area contributed by atoms with E-state index in [9.17, 15) is 14.0 Å². The van der Waals surface area contributed by atoms with E-state index in [4.69, 9.17) is 4.74 Å². The Bertz CT molecular complexity index is 813. The smallest absolute Gasteiger partial charge is 0.262 e. The largest absolute Gasteiger partial charge is 0.483 e. The van der Waals surface area contributed by atoms with Crippen LogP contribution in [0.5, 0.6) is 5.75 Å². The van der Waals surface area contributed by atoms with Gasteiger partial charge in [-0.2, -0.15) is 0 Å². The third-order valence-electron chi connectivity index (χ3n) is 4.31. The average molecular weight is 408 g/mol. The van der Waals surface area contributed by atoms with Crippen molar-refractivity contribution in [2.24, 2.45) is 0 Å². The molecule has 1 unspecified atom stereocenters. The lowest BCUT2D eigenvalue weighted by Crippen LogP contribution is -2.37. The van der Waals surface area contributed by atoms with Crippen molar-refractivity contribution in [1.29, 1.82) is 0 Å². The van der Waals surface area contributed by atoms with Crippen LogP contribution in [0.15, 0.2) is 48.5 Å². The molecule has 1 atom stereocenters. The summed E-state index contributed by atoms with van der Waals surface area (Å²) in [5.74, 6) is -0.983. The maximum absolute atomic E-state index is 13.6. The van der Waals surface area contributed by atoms with E-state index in [0.29, 0.717) is 17.9 Å². The van der Waals surface area contributed by atoms with Gasteiger partial charge in [0, 0.05) is 12.6 Å². The summed E-state index contributed by atoms with van der Waals surface area (Å²) in [6, 6.07) is 12.9. The van der Waals surface area contributed by atoms with E-state index in [1.165, 1.54) is 18.2 Å². The number of halogens is 2. The molecule has 0 aromatic heterocycles. The lowest BCUT2D eigenvalue weighted by molar-refractivity contribution is -0.118. The van der Waals surface area contributed by atoms with Gasteiger partial charge in [0.1, 0.15) is 11.6 Å². The van der Waals surface area contributed by atoms with Crippen molar-refractivity contribution in [1.82, 2.24) is 10.6 Å². The highest BCUT2D eigenvalue weighted by Crippen LogP contribution is 2.18. The van der Waals surface area contributed by atoms with E-state index in [1.54, 1.807) is 30.3 Å². The maximum Gasteiger partial charge on any atom is 0.262 e. The van der Waals surface area contributed by atoms with Crippen LogP contribution in [0.1, 0.15) is 23.2 Å². The van der Waals surface area contributed by atoms with Crippen molar-refractivity contribution in [2.75, 3.05) is 25.0 Å². The number of rotatable bonds is 7. The number of amides is 2. The van der Waals surface area contributed by atoms with E-state index >= 15 is 0 Å². The number of hydrogen-bond donors (Lipinski definition) is 3. The van der Waals surface area contributed by atoms with Crippen LogP contribution in [-0.2, 0) is 4.79 Å². The topological polar surface area (TPSA) is 79.5 Å². The van der Waals surface area contributed by atoms with Crippen LogP contribution >= 0.6 is 12.4 Å². The zero-order chi connectivity index (χ0) is 19.1. The van der Waals surface area contributed by atoms with Gasteiger partial charge in [-0.05, 0) is 43.7 Å². The van der Waals surface area contributed by atoms with Gasteiger partial charge >= 0.3 is 0 Å². The van der Waals surface area contributed by atoms with Gasteiger partial charge < -0.3 is 20.7 Å². The fourth-order valence-electron chi connectivity index (χ4n) is 2.91. The summed E-state index contributed by atoms with van der Waals surface area (Å²) in [6.07, 6.45) is 2.14. The highest BCUT2D eigenvalue weighted by Gasteiger charge is 2.17. The van der Waals surface area contributed by atoms with Crippen molar-refractivity contribution in [3.8, 4) is 5.75 Å². The Kier molecular flexibility index (Phi) is 8.22. The van der Waals surface area contributed by atoms with E-state index in [-0.39, 0.29) is 36.7 Å². The molecule has 0 saturated carbocycles. The highest BCUT2D eigenvalue weighted by molar-refractivity contribution is 5.97. The molecule has 0 radical (unpaired) electrons. The summed E-state index contributed by atoms with van der Waals surface area (Å²) >= 11 is 0. The first-order chi connectivity index (χ1) is 13.1. The van der Waals surface area contributed by atoms with Crippen molar-refractivity contribution < 1.29 is 18.7 Å². The summed E-state index contributed by atoms with van der Waals surface area (Å²) in [5.41, 5.74) is 0.440. The standard InChI is InChI=1S/C20H22FN3O3.ClH/c21-16-8-2-3-9-17(16)24-19(25)13-27-18-10-4-1-7-15(18)20(26)23-12-14-6-5-11-22-14;/h1-4,7-10,14,22H,5-6,11-13H2,(H,23,26)(H,24,25);1H. The van der Waals surface area contributed by atoms with Crippen LogP contribution in [0.2, 0.25) is 0 Å². The molecule has 28 heavy (non-hydrogen) atoms. The minimum Gasteiger partial charge on any atom is -0.483 e. The normalized spacial score (nSPS) is 15.4. The van der Waals surface area contributed by atoms with Crippen LogP contribution in [0.25, 0.3) is 0 Å². The summed E-state index contributed by atoms with van der Waals surface area (Å²) in [5, 5.41) is 8.64. The highest BCUT2D eigenvalue weighted by atomic mass is 35.5. The van der Waals surface area contributed by atoms with Gasteiger partial charge in [0.05, 0.1) is 11.3 Å². The first kappa shape index (κ1) is 21.7. The lowest BCUT2D eigenvalue weighted by atomic mass is 10.1. The van der Waals surface area contributed by atoms with Crippen LogP contribution < -0.4 is 20.7 Å². The summed E-state index contributed by atoms with van der Waals surface area (Å²) in [4.78, 5) is 24.4. The number of anilines is 1. The molecular weight excluding hydrogens is 385 g/mol. The second-order valence-corrected chi connectivity index (χ2v) is 6.32. The Hall–Kier alpha value is -2.64. The van der Waals surface area contributed by atoms with Crippen LogP contribution in [0.3, 0.4) is 0 Å². The van der Waals surface area contributed by atoms with E-state index < -0.39 is 11.7 Å². The maximum atomic E-state index is 13.6. The summed E-state index contributed by atoms with van der Waals surface area (Å²) in [6.45, 7) is 1.18. The molecule has 3 rings (SSSR count). The first-order valence-electron chi connectivity index (χ1n) is 8.91. The van der Waals surface area contributed by atoms with Gasteiger partial charge in [-0.25, -0.2) is 4.39 Å². The number of nitrogens with one attached hydrogen (secondary N) is 3. The first-order valence-corrected chi connectivity index (χ1v) is 8.91. The monoisotopic (exact) mass is 407 g/mol. The van der Waals surface area contributed by atoms with Crippen LogP contribution in [0.4, 0.5) is 10.1 Å². The van der Waals surface area contributed by atoms with Crippen molar-refractivity contribution in [3.63, 3.8) is 0 Å².